The Labute approximate surface area is 131 Å². The van der Waals surface area contributed by atoms with Gasteiger partial charge in [0.25, 0.3) is 5.56 Å². The van der Waals surface area contributed by atoms with Crippen molar-refractivity contribution in [2.75, 3.05) is 19.6 Å². The molecule has 1 aliphatic rings. The zero-order chi connectivity index (χ0) is 14.7. The molecule has 0 saturated carbocycles. The number of hydrogen-bond acceptors (Lipinski definition) is 4. The standard InChI is InChI=1S/C14H24N4O2.ClH/c1-4-7-18(11-5-6-15-9-11)10-12-8-13(19)17(3)14(20)16(12)2;/h8,11,15H,4-7,9-10H2,1-3H3;1H. The van der Waals surface area contributed by atoms with E-state index in [-0.39, 0.29) is 23.7 Å². The zero-order valence-electron chi connectivity index (χ0n) is 13.0. The van der Waals surface area contributed by atoms with Gasteiger partial charge >= 0.3 is 5.69 Å². The predicted molar refractivity (Wildman–Crippen MR) is 86.1 cm³/mol. The molecule has 0 amide bonds. The summed E-state index contributed by atoms with van der Waals surface area (Å²) in [6, 6.07) is 2.07. The van der Waals surface area contributed by atoms with E-state index >= 15 is 0 Å². The van der Waals surface area contributed by atoms with E-state index in [0.29, 0.717) is 12.6 Å². The number of nitrogens with one attached hydrogen (secondary N) is 1. The predicted octanol–water partition coefficient (Wildman–Crippen LogP) is 0.0797. The van der Waals surface area contributed by atoms with Gasteiger partial charge in [0.2, 0.25) is 0 Å². The van der Waals surface area contributed by atoms with E-state index in [2.05, 4.69) is 17.1 Å². The molecule has 2 rings (SSSR count). The molecule has 0 aliphatic carbocycles. The van der Waals surface area contributed by atoms with Gasteiger partial charge in [-0.2, -0.15) is 0 Å². The maximum atomic E-state index is 12.0. The van der Waals surface area contributed by atoms with Gasteiger partial charge in [-0.05, 0) is 25.9 Å². The molecule has 0 bridgehead atoms. The Hall–Kier alpha value is -1.11. The van der Waals surface area contributed by atoms with Crippen molar-refractivity contribution in [1.29, 1.82) is 0 Å². The lowest BCUT2D eigenvalue weighted by Crippen LogP contribution is -2.42. The Morgan fingerprint density at radius 2 is 2.05 bits per heavy atom. The van der Waals surface area contributed by atoms with Crippen molar-refractivity contribution in [1.82, 2.24) is 19.4 Å². The summed E-state index contributed by atoms with van der Waals surface area (Å²) < 4.78 is 2.72. The third-order valence-corrected chi connectivity index (χ3v) is 4.05. The molecule has 1 N–H and O–H groups in total. The molecule has 1 aliphatic heterocycles. The van der Waals surface area contributed by atoms with Crippen LogP contribution in [0.3, 0.4) is 0 Å². The molecule has 2 heterocycles. The van der Waals surface area contributed by atoms with Gasteiger partial charge in [-0.1, -0.05) is 6.92 Å². The van der Waals surface area contributed by atoms with E-state index in [1.807, 2.05) is 0 Å². The molecule has 1 aromatic heterocycles. The minimum absolute atomic E-state index is 0. The highest BCUT2D eigenvalue weighted by atomic mass is 35.5. The Morgan fingerprint density at radius 1 is 1.33 bits per heavy atom. The van der Waals surface area contributed by atoms with Crippen molar-refractivity contribution in [3.05, 3.63) is 32.6 Å². The number of nitrogens with zero attached hydrogens (tertiary/aromatic N) is 3. The van der Waals surface area contributed by atoms with Crippen LogP contribution in [0.2, 0.25) is 0 Å². The zero-order valence-corrected chi connectivity index (χ0v) is 13.8. The van der Waals surface area contributed by atoms with Crippen LogP contribution in [0.1, 0.15) is 25.5 Å². The first-order chi connectivity index (χ1) is 9.54. The van der Waals surface area contributed by atoms with Crippen LogP contribution in [0.4, 0.5) is 0 Å². The second kappa shape index (κ2) is 7.77. The molecule has 0 radical (unpaired) electrons. The maximum absolute atomic E-state index is 12.0. The molecule has 1 atom stereocenters. The fourth-order valence-electron chi connectivity index (χ4n) is 2.77. The van der Waals surface area contributed by atoms with Crippen molar-refractivity contribution < 1.29 is 0 Å². The molecule has 1 saturated heterocycles. The van der Waals surface area contributed by atoms with Crippen molar-refractivity contribution in [2.24, 2.45) is 14.1 Å². The highest BCUT2D eigenvalue weighted by Crippen LogP contribution is 2.12. The Kier molecular flexibility index (Phi) is 6.64. The first-order valence-corrected chi connectivity index (χ1v) is 7.25. The van der Waals surface area contributed by atoms with Crippen LogP contribution in [-0.4, -0.2) is 39.7 Å². The van der Waals surface area contributed by atoms with E-state index < -0.39 is 0 Å². The van der Waals surface area contributed by atoms with Crippen LogP contribution < -0.4 is 16.6 Å². The fraction of sp³-hybridized carbons (Fsp3) is 0.714. The average Bonchev–Trinajstić information content (AvgIpc) is 2.95. The van der Waals surface area contributed by atoms with Gasteiger partial charge in [-0.3, -0.25) is 18.8 Å². The van der Waals surface area contributed by atoms with E-state index in [9.17, 15) is 9.59 Å². The van der Waals surface area contributed by atoms with Crippen LogP contribution in [-0.2, 0) is 20.6 Å². The van der Waals surface area contributed by atoms with Crippen LogP contribution in [0.5, 0.6) is 0 Å². The van der Waals surface area contributed by atoms with Crippen molar-refractivity contribution in [3.8, 4) is 0 Å². The molecule has 1 unspecified atom stereocenters. The summed E-state index contributed by atoms with van der Waals surface area (Å²) in [5, 5.41) is 3.37. The molecule has 0 aromatic carbocycles. The smallest absolute Gasteiger partial charge is 0.315 e. The van der Waals surface area contributed by atoms with Crippen LogP contribution >= 0.6 is 12.4 Å². The number of hydrogen-bond donors (Lipinski definition) is 1. The second-order valence-electron chi connectivity index (χ2n) is 5.49. The monoisotopic (exact) mass is 316 g/mol. The van der Waals surface area contributed by atoms with E-state index in [1.165, 1.54) is 7.05 Å². The number of aromatic nitrogens is 2. The lowest BCUT2D eigenvalue weighted by atomic mass is 10.2. The fourth-order valence-corrected chi connectivity index (χ4v) is 2.77. The molecular weight excluding hydrogens is 292 g/mol. The summed E-state index contributed by atoms with van der Waals surface area (Å²) in [4.78, 5) is 26.1. The largest absolute Gasteiger partial charge is 0.330 e. The summed E-state index contributed by atoms with van der Waals surface area (Å²) in [6.45, 7) is 5.81. The quantitative estimate of drug-likeness (QED) is 0.836. The van der Waals surface area contributed by atoms with Crippen molar-refractivity contribution in [2.45, 2.75) is 32.4 Å². The normalized spacial score (nSPS) is 18.0. The molecule has 120 valence electrons. The minimum Gasteiger partial charge on any atom is -0.315 e. The van der Waals surface area contributed by atoms with Gasteiger partial charge < -0.3 is 5.32 Å². The van der Waals surface area contributed by atoms with Gasteiger partial charge in [-0.25, -0.2) is 4.79 Å². The second-order valence-corrected chi connectivity index (χ2v) is 5.49. The SMILES string of the molecule is CCCN(Cc1cc(=O)n(C)c(=O)n1C)C1CCNC1.Cl. The summed E-state index contributed by atoms with van der Waals surface area (Å²) >= 11 is 0. The van der Waals surface area contributed by atoms with Gasteiger partial charge in [0.15, 0.2) is 0 Å². The Morgan fingerprint density at radius 3 is 2.62 bits per heavy atom. The lowest BCUT2D eigenvalue weighted by molar-refractivity contribution is 0.194. The minimum atomic E-state index is -0.256. The first-order valence-electron chi connectivity index (χ1n) is 7.25. The molecule has 0 spiro atoms. The summed E-state index contributed by atoms with van der Waals surface area (Å²) in [7, 11) is 3.24. The van der Waals surface area contributed by atoms with Crippen LogP contribution in [0, 0.1) is 0 Å². The number of rotatable bonds is 5. The summed E-state index contributed by atoms with van der Waals surface area (Å²) in [5.41, 5.74) is 0.302. The maximum Gasteiger partial charge on any atom is 0.330 e. The van der Waals surface area contributed by atoms with Gasteiger partial charge in [0.05, 0.1) is 0 Å². The van der Waals surface area contributed by atoms with E-state index in [1.54, 1.807) is 17.7 Å². The number of halogens is 1. The lowest BCUT2D eigenvalue weighted by Gasteiger charge is -2.28. The average molecular weight is 317 g/mol. The van der Waals surface area contributed by atoms with Crippen molar-refractivity contribution in [3.63, 3.8) is 0 Å². The summed E-state index contributed by atoms with van der Waals surface area (Å²) in [6.07, 6.45) is 2.19. The van der Waals surface area contributed by atoms with Gasteiger partial charge in [0.1, 0.15) is 0 Å². The topological polar surface area (TPSA) is 59.3 Å². The molecule has 1 fully saturated rings. The Bertz CT molecular complexity index is 575. The molecule has 21 heavy (non-hydrogen) atoms. The molecular formula is C14H25ClN4O2. The third kappa shape index (κ3) is 3.96. The highest BCUT2D eigenvalue weighted by Gasteiger charge is 2.22. The van der Waals surface area contributed by atoms with Gasteiger partial charge in [0, 0.05) is 45.0 Å². The third-order valence-electron chi connectivity index (χ3n) is 4.05. The highest BCUT2D eigenvalue weighted by molar-refractivity contribution is 5.85. The van der Waals surface area contributed by atoms with Gasteiger partial charge in [-0.15, -0.1) is 12.4 Å². The van der Waals surface area contributed by atoms with Crippen LogP contribution in [0.15, 0.2) is 15.7 Å². The van der Waals surface area contributed by atoms with E-state index in [0.717, 1.165) is 42.7 Å². The Balaban J connectivity index is 0.00000220. The first kappa shape index (κ1) is 17.9. The molecule has 1 aromatic rings. The van der Waals surface area contributed by atoms with Crippen molar-refractivity contribution >= 4 is 12.4 Å². The van der Waals surface area contributed by atoms with Crippen LogP contribution in [0.25, 0.3) is 0 Å². The molecule has 6 nitrogen and oxygen atoms in total. The van der Waals surface area contributed by atoms with E-state index in [4.69, 9.17) is 0 Å². The molecule has 7 heteroatoms. The summed E-state index contributed by atoms with van der Waals surface area (Å²) in [5.74, 6) is 0.